The Morgan fingerprint density at radius 3 is 2.16 bits per heavy atom. The number of aliphatic hydroxyl groups excluding tert-OH is 7. The van der Waals surface area contributed by atoms with Gasteiger partial charge in [-0.05, 0) is 86.9 Å². The molecule has 0 bridgehead atoms. The van der Waals surface area contributed by atoms with Crippen LogP contribution >= 0.6 is 0 Å². The zero-order valence-corrected chi connectivity index (χ0v) is 26.5. The Balaban J connectivity index is 1.17. The number of ether oxygens (including phenoxy) is 4. The van der Waals surface area contributed by atoms with E-state index < -0.39 is 74.6 Å². The highest BCUT2D eigenvalue weighted by molar-refractivity contribution is 5.79. The third-order valence-corrected chi connectivity index (χ3v) is 12.8. The van der Waals surface area contributed by atoms with Gasteiger partial charge in [0.05, 0.1) is 19.3 Å². The molecule has 0 aromatic heterocycles. The second kappa shape index (κ2) is 12.8. The van der Waals surface area contributed by atoms with Crippen molar-refractivity contribution < 1.29 is 59.5 Å². The van der Waals surface area contributed by atoms with Crippen molar-refractivity contribution in [2.24, 2.45) is 34.5 Å². The highest BCUT2D eigenvalue weighted by Gasteiger charge is 2.60. The molecule has 0 spiro atoms. The standard InChI is InChI=1S/C33H52O12/c1-15(36)19-6-7-20-18-5-4-16-12-17(8-10-32(16,2)21(18)9-11-33(19,20)3)42-31-29(27(40)25(38)23(14-35)44-31)45-30-28(41)26(39)24(37)22(13-34)43-30/h4,17-31,34-35,37-41H,5-14H2,1-3H3/t17-,18+,19-,20-,21+,22+,23+,24+,25+,26-,27-,28+,29+,30-,31+,32-,33+/m0/s1. The van der Waals surface area contributed by atoms with Crippen LogP contribution in [0, 0.1) is 34.5 Å². The van der Waals surface area contributed by atoms with E-state index in [4.69, 9.17) is 18.9 Å². The average Bonchev–Trinajstić information content (AvgIpc) is 3.38. The molecule has 5 fully saturated rings. The van der Waals surface area contributed by atoms with Gasteiger partial charge in [0.15, 0.2) is 12.6 Å². The lowest BCUT2D eigenvalue weighted by Crippen LogP contribution is -2.65. The summed E-state index contributed by atoms with van der Waals surface area (Å²) in [6.45, 7) is 5.24. The summed E-state index contributed by atoms with van der Waals surface area (Å²) in [4.78, 5) is 12.5. The van der Waals surface area contributed by atoms with E-state index in [1.165, 1.54) is 5.57 Å². The number of carbonyl (C=O) groups excluding carboxylic acids is 1. The fraction of sp³-hybridized carbons (Fsp3) is 0.909. The number of Topliss-reactive ketones (excluding diaryl/α,β-unsaturated/α-hetero) is 1. The highest BCUT2D eigenvalue weighted by atomic mass is 16.8. The van der Waals surface area contributed by atoms with Gasteiger partial charge in [-0.15, -0.1) is 0 Å². The Labute approximate surface area is 264 Å². The van der Waals surface area contributed by atoms with Crippen molar-refractivity contribution in [1.82, 2.24) is 0 Å². The molecule has 2 saturated heterocycles. The Bertz CT molecular complexity index is 1120. The van der Waals surface area contributed by atoms with E-state index >= 15 is 0 Å². The van der Waals surface area contributed by atoms with Gasteiger partial charge in [0.1, 0.15) is 54.6 Å². The van der Waals surface area contributed by atoms with Crippen LogP contribution in [0.4, 0.5) is 0 Å². The van der Waals surface area contributed by atoms with E-state index in [2.05, 4.69) is 19.9 Å². The number of hydrogen-bond donors (Lipinski definition) is 7. The molecule has 17 atom stereocenters. The van der Waals surface area contributed by atoms with Crippen molar-refractivity contribution in [3.8, 4) is 0 Å². The Kier molecular flexibility index (Phi) is 9.61. The van der Waals surface area contributed by atoms with Crippen molar-refractivity contribution in [3.05, 3.63) is 11.6 Å². The molecule has 0 radical (unpaired) electrons. The van der Waals surface area contributed by atoms with Crippen LogP contribution in [0.1, 0.15) is 72.1 Å². The summed E-state index contributed by atoms with van der Waals surface area (Å²) in [7, 11) is 0. The maximum atomic E-state index is 12.5. The monoisotopic (exact) mass is 640 g/mol. The molecule has 256 valence electrons. The molecule has 0 amide bonds. The summed E-state index contributed by atoms with van der Waals surface area (Å²) >= 11 is 0. The number of fused-ring (bicyclic) bond motifs is 5. The minimum atomic E-state index is -1.72. The third-order valence-electron chi connectivity index (χ3n) is 12.8. The van der Waals surface area contributed by atoms with Crippen LogP contribution in [0.15, 0.2) is 11.6 Å². The molecule has 2 heterocycles. The number of aliphatic hydroxyl groups is 7. The molecular formula is C33H52O12. The first-order valence-electron chi connectivity index (χ1n) is 16.8. The Morgan fingerprint density at radius 2 is 1.49 bits per heavy atom. The van der Waals surface area contributed by atoms with E-state index in [1.54, 1.807) is 6.92 Å². The lowest BCUT2D eigenvalue weighted by molar-refractivity contribution is -0.372. The Hall–Kier alpha value is -1.03. The smallest absolute Gasteiger partial charge is 0.187 e. The van der Waals surface area contributed by atoms with E-state index in [-0.39, 0.29) is 22.9 Å². The van der Waals surface area contributed by atoms with Crippen LogP contribution in [-0.2, 0) is 23.7 Å². The van der Waals surface area contributed by atoms with E-state index in [0.717, 1.165) is 38.5 Å². The summed E-state index contributed by atoms with van der Waals surface area (Å²) < 4.78 is 23.7. The number of allylic oxidation sites excluding steroid dienone is 1. The second-order valence-electron chi connectivity index (χ2n) is 15.1. The van der Waals surface area contributed by atoms with E-state index in [9.17, 15) is 40.5 Å². The topological polar surface area (TPSA) is 196 Å². The quantitative estimate of drug-likeness (QED) is 0.187. The van der Waals surface area contributed by atoms with Gasteiger partial charge in [-0.3, -0.25) is 4.79 Å². The predicted molar refractivity (Wildman–Crippen MR) is 157 cm³/mol. The first-order valence-corrected chi connectivity index (χ1v) is 16.8. The van der Waals surface area contributed by atoms with Gasteiger partial charge < -0.3 is 54.7 Å². The van der Waals surface area contributed by atoms with Gasteiger partial charge >= 0.3 is 0 Å². The van der Waals surface area contributed by atoms with Crippen LogP contribution in [0.25, 0.3) is 0 Å². The van der Waals surface area contributed by atoms with Crippen LogP contribution in [0.2, 0.25) is 0 Å². The molecule has 3 saturated carbocycles. The molecule has 7 N–H and O–H groups in total. The van der Waals surface area contributed by atoms with Gasteiger partial charge in [-0.2, -0.15) is 0 Å². The van der Waals surface area contributed by atoms with Crippen molar-refractivity contribution in [2.45, 2.75) is 140 Å². The molecule has 6 rings (SSSR count). The zero-order valence-electron chi connectivity index (χ0n) is 26.5. The van der Waals surface area contributed by atoms with Crippen LogP contribution in [0.5, 0.6) is 0 Å². The van der Waals surface area contributed by atoms with Crippen molar-refractivity contribution >= 4 is 5.78 Å². The van der Waals surface area contributed by atoms with Gasteiger partial charge in [-0.25, -0.2) is 0 Å². The molecule has 12 nitrogen and oxygen atoms in total. The first kappa shape index (κ1) is 33.9. The summed E-state index contributed by atoms with van der Waals surface area (Å²) in [6, 6.07) is 0. The molecule has 0 unspecified atom stereocenters. The van der Waals surface area contributed by atoms with Gasteiger partial charge in [0, 0.05) is 5.92 Å². The minimum Gasteiger partial charge on any atom is -0.394 e. The fourth-order valence-electron chi connectivity index (χ4n) is 10.2. The SMILES string of the molecule is CC(=O)[C@@H]1CC[C@H]2[C@H]3CC=C4C[C@@H](O[C@@H]5O[C@H](CO)[C@@H](O)[C@H](O)[C@H]5O[C@@H]5O[C@H](CO)[C@@H](O)[C@H](O)[C@H]5O)CC[C@]4(C)[C@@H]3CC[C@]12C. The lowest BCUT2D eigenvalue weighted by Gasteiger charge is -2.58. The zero-order chi connectivity index (χ0) is 32.4. The van der Waals surface area contributed by atoms with Gasteiger partial charge in [0.2, 0.25) is 0 Å². The number of rotatable bonds is 7. The van der Waals surface area contributed by atoms with E-state index in [0.29, 0.717) is 36.4 Å². The normalized spacial score (nSPS) is 53.2. The molecule has 45 heavy (non-hydrogen) atoms. The lowest BCUT2D eigenvalue weighted by atomic mass is 9.47. The number of ketones is 1. The molecule has 0 aromatic rings. The molecule has 2 aliphatic heterocycles. The van der Waals surface area contributed by atoms with Gasteiger partial charge in [0.25, 0.3) is 0 Å². The maximum absolute atomic E-state index is 12.5. The van der Waals surface area contributed by atoms with Crippen LogP contribution in [0.3, 0.4) is 0 Å². The predicted octanol–water partition coefficient (Wildman–Crippen LogP) is 0.164. The van der Waals surface area contributed by atoms with Crippen molar-refractivity contribution in [1.29, 1.82) is 0 Å². The number of carbonyl (C=O) groups is 1. The average molecular weight is 641 g/mol. The second-order valence-corrected chi connectivity index (χ2v) is 15.1. The fourth-order valence-corrected chi connectivity index (χ4v) is 10.2. The number of hydrogen-bond acceptors (Lipinski definition) is 12. The third kappa shape index (κ3) is 5.65. The highest BCUT2D eigenvalue weighted by Crippen LogP contribution is 2.66. The van der Waals surface area contributed by atoms with Gasteiger partial charge in [-0.1, -0.05) is 25.5 Å². The largest absolute Gasteiger partial charge is 0.394 e. The molecular weight excluding hydrogens is 588 g/mol. The summed E-state index contributed by atoms with van der Waals surface area (Å²) in [5, 5.41) is 72.0. The van der Waals surface area contributed by atoms with Crippen LogP contribution in [-0.4, -0.2) is 122 Å². The Morgan fingerprint density at radius 1 is 0.822 bits per heavy atom. The molecule has 0 aromatic carbocycles. The van der Waals surface area contributed by atoms with Crippen LogP contribution < -0.4 is 0 Å². The van der Waals surface area contributed by atoms with Crippen molar-refractivity contribution in [2.75, 3.05) is 13.2 Å². The molecule has 4 aliphatic carbocycles. The first-order chi connectivity index (χ1) is 21.3. The molecule has 12 heteroatoms. The molecule has 6 aliphatic rings. The summed E-state index contributed by atoms with van der Waals surface area (Å²) in [6.07, 6.45) is -5.13. The summed E-state index contributed by atoms with van der Waals surface area (Å²) in [5.74, 6) is 2.13. The van der Waals surface area contributed by atoms with E-state index in [1.807, 2.05) is 0 Å². The van der Waals surface area contributed by atoms with Crippen molar-refractivity contribution in [3.63, 3.8) is 0 Å². The minimum absolute atomic E-state index is 0.0153. The maximum Gasteiger partial charge on any atom is 0.187 e. The summed E-state index contributed by atoms with van der Waals surface area (Å²) in [5.41, 5.74) is 1.44.